The molecule has 0 saturated carbocycles. The van der Waals surface area contributed by atoms with Crippen molar-refractivity contribution in [3.8, 4) is 0 Å². The van der Waals surface area contributed by atoms with Crippen LogP contribution in [0.3, 0.4) is 0 Å². The molecule has 0 atom stereocenters. The molecule has 9 heteroatoms. The van der Waals surface area contributed by atoms with Crippen molar-refractivity contribution in [1.29, 1.82) is 0 Å². The predicted molar refractivity (Wildman–Crippen MR) is 128 cm³/mol. The summed E-state index contributed by atoms with van der Waals surface area (Å²) in [6.45, 7) is 0.291. The number of amides is 5. The SMILES string of the molecule is O=C(Cn1cc(C=C2C(=O)NC(=O)N(c3ccccc3)C2=O)c2ccccc21)NCc1ccco1. The Bertz CT molecular complexity index is 1470. The maximum Gasteiger partial charge on any atom is 0.335 e. The molecule has 0 aliphatic carbocycles. The fourth-order valence-corrected chi connectivity index (χ4v) is 3.96. The number of nitrogens with zero attached hydrogens (tertiary/aromatic N) is 2. The van der Waals surface area contributed by atoms with Gasteiger partial charge in [0.25, 0.3) is 11.8 Å². The minimum absolute atomic E-state index is 0.0269. The molecule has 0 spiro atoms. The summed E-state index contributed by atoms with van der Waals surface area (Å²) in [5.41, 5.74) is 1.50. The number of nitrogens with one attached hydrogen (secondary N) is 2. The van der Waals surface area contributed by atoms with Gasteiger partial charge in [0.1, 0.15) is 17.9 Å². The first-order valence-corrected chi connectivity index (χ1v) is 10.8. The van der Waals surface area contributed by atoms with Crippen molar-refractivity contribution in [2.24, 2.45) is 0 Å². The number of benzene rings is 2. The lowest BCUT2D eigenvalue weighted by Crippen LogP contribution is -2.54. The molecule has 0 bridgehead atoms. The number of aromatic nitrogens is 1. The molecule has 1 fully saturated rings. The molecule has 1 saturated heterocycles. The molecule has 2 N–H and O–H groups in total. The zero-order valence-corrected chi connectivity index (χ0v) is 18.4. The summed E-state index contributed by atoms with van der Waals surface area (Å²) in [5, 5.41) is 5.78. The van der Waals surface area contributed by atoms with E-state index in [1.54, 1.807) is 53.2 Å². The lowest BCUT2D eigenvalue weighted by molar-refractivity contribution is -0.123. The molecule has 5 amide bonds. The topological polar surface area (TPSA) is 114 Å². The number of hydrogen-bond donors (Lipinski definition) is 2. The van der Waals surface area contributed by atoms with Crippen LogP contribution in [0.5, 0.6) is 0 Å². The summed E-state index contributed by atoms with van der Waals surface area (Å²) in [5.74, 6) is -1.09. The highest BCUT2D eigenvalue weighted by Gasteiger charge is 2.36. The normalized spacial score (nSPS) is 15.0. The van der Waals surface area contributed by atoms with Gasteiger partial charge in [0, 0.05) is 22.7 Å². The van der Waals surface area contributed by atoms with E-state index < -0.39 is 17.8 Å². The van der Waals surface area contributed by atoms with E-state index in [4.69, 9.17) is 4.42 Å². The Morgan fingerprint density at radius 3 is 2.51 bits per heavy atom. The highest BCUT2D eigenvalue weighted by molar-refractivity contribution is 6.39. The number of carbonyl (C=O) groups is 4. The minimum atomic E-state index is -0.806. The van der Waals surface area contributed by atoms with Crippen LogP contribution in [0.25, 0.3) is 17.0 Å². The first kappa shape index (κ1) is 21.9. The van der Waals surface area contributed by atoms with Gasteiger partial charge in [-0.3, -0.25) is 19.7 Å². The Labute approximate surface area is 199 Å². The Morgan fingerprint density at radius 2 is 1.74 bits per heavy atom. The second-order valence-corrected chi connectivity index (χ2v) is 7.88. The number of anilines is 1. The maximum absolute atomic E-state index is 13.2. The molecule has 0 unspecified atom stereocenters. The molecule has 9 nitrogen and oxygen atoms in total. The van der Waals surface area contributed by atoms with Gasteiger partial charge < -0.3 is 14.3 Å². The number of carbonyl (C=O) groups excluding carboxylic acids is 4. The summed E-state index contributed by atoms with van der Waals surface area (Å²) in [6.07, 6.45) is 4.68. The van der Waals surface area contributed by atoms with Gasteiger partial charge in [-0.25, -0.2) is 9.69 Å². The van der Waals surface area contributed by atoms with Crippen LogP contribution in [0.4, 0.5) is 10.5 Å². The average molecular weight is 468 g/mol. The first-order valence-electron chi connectivity index (χ1n) is 10.8. The van der Waals surface area contributed by atoms with E-state index in [1.165, 1.54) is 12.3 Å². The molecule has 35 heavy (non-hydrogen) atoms. The van der Waals surface area contributed by atoms with E-state index in [-0.39, 0.29) is 24.6 Å². The van der Waals surface area contributed by atoms with Crippen LogP contribution in [-0.4, -0.2) is 28.3 Å². The zero-order chi connectivity index (χ0) is 24.4. The van der Waals surface area contributed by atoms with Crippen LogP contribution in [0.15, 0.2) is 89.2 Å². The molecule has 0 radical (unpaired) electrons. The Kier molecular flexibility index (Phi) is 5.72. The maximum atomic E-state index is 13.2. The van der Waals surface area contributed by atoms with Crippen molar-refractivity contribution in [2.75, 3.05) is 4.90 Å². The number of imide groups is 2. The number of rotatable bonds is 6. The smallest absolute Gasteiger partial charge is 0.335 e. The van der Waals surface area contributed by atoms with Gasteiger partial charge in [0.05, 0.1) is 18.5 Å². The zero-order valence-electron chi connectivity index (χ0n) is 18.4. The summed E-state index contributed by atoms with van der Waals surface area (Å²) >= 11 is 0. The van der Waals surface area contributed by atoms with Crippen molar-refractivity contribution in [1.82, 2.24) is 15.2 Å². The summed E-state index contributed by atoms with van der Waals surface area (Å²) in [6, 6.07) is 18.4. The van der Waals surface area contributed by atoms with Crippen molar-refractivity contribution < 1.29 is 23.6 Å². The average Bonchev–Trinajstić information content (AvgIpc) is 3.49. The summed E-state index contributed by atoms with van der Waals surface area (Å²) in [4.78, 5) is 51.6. The van der Waals surface area contributed by atoms with Crippen molar-refractivity contribution in [2.45, 2.75) is 13.1 Å². The van der Waals surface area contributed by atoms with Gasteiger partial charge in [-0.2, -0.15) is 0 Å². The first-order chi connectivity index (χ1) is 17.0. The monoisotopic (exact) mass is 468 g/mol. The second kappa shape index (κ2) is 9.14. The van der Waals surface area contributed by atoms with Crippen molar-refractivity contribution >= 4 is 46.4 Å². The molecule has 174 valence electrons. The third kappa shape index (κ3) is 4.34. The number of fused-ring (bicyclic) bond motifs is 1. The molecule has 5 rings (SSSR count). The van der Waals surface area contributed by atoms with Crippen LogP contribution < -0.4 is 15.5 Å². The third-order valence-corrected chi connectivity index (χ3v) is 5.59. The van der Waals surface area contributed by atoms with Gasteiger partial charge in [-0.05, 0) is 36.4 Å². The van der Waals surface area contributed by atoms with Crippen LogP contribution >= 0.6 is 0 Å². The van der Waals surface area contributed by atoms with Gasteiger partial charge in [-0.15, -0.1) is 0 Å². The lowest BCUT2D eigenvalue weighted by atomic mass is 10.1. The van der Waals surface area contributed by atoms with Crippen LogP contribution in [0.1, 0.15) is 11.3 Å². The Hall–Kier alpha value is -4.92. The van der Waals surface area contributed by atoms with Crippen molar-refractivity contribution in [3.05, 3.63) is 96.1 Å². The third-order valence-electron chi connectivity index (χ3n) is 5.59. The Balaban J connectivity index is 1.46. The van der Waals surface area contributed by atoms with Crippen LogP contribution in [0, 0.1) is 0 Å². The van der Waals surface area contributed by atoms with E-state index in [2.05, 4.69) is 10.6 Å². The fraction of sp³-hybridized carbons (Fsp3) is 0.0769. The minimum Gasteiger partial charge on any atom is -0.467 e. The van der Waals surface area contributed by atoms with Crippen LogP contribution in [-0.2, 0) is 27.5 Å². The molecular weight excluding hydrogens is 448 g/mol. The second-order valence-electron chi connectivity index (χ2n) is 7.88. The van der Waals surface area contributed by atoms with Gasteiger partial charge >= 0.3 is 6.03 Å². The molecular formula is C26H20N4O5. The quantitative estimate of drug-likeness (QED) is 0.333. The Morgan fingerprint density at radius 1 is 0.971 bits per heavy atom. The lowest BCUT2D eigenvalue weighted by Gasteiger charge is -2.26. The van der Waals surface area contributed by atoms with Gasteiger partial charge in [0.15, 0.2) is 0 Å². The van der Waals surface area contributed by atoms with E-state index >= 15 is 0 Å². The van der Waals surface area contributed by atoms with Crippen molar-refractivity contribution in [3.63, 3.8) is 0 Å². The molecule has 1 aliphatic heterocycles. The largest absolute Gasteiger partial charge is 0.467 e. The number of hydrogen-bond acceptors (Lipinski definition) is 5. The van der Waals surface area contributed by atoms with Gasteiger partial charge in [-0.1, -0.05) is 36.4 Å². The summed E-state index contributed by atoms with van der Waals surface area (Å²) in [7, 11) is 0. The standard InChI is InChI=1S/C26H20N4O5/c31-23(27-14-19-9-6-12-35-19)16-29-15-17(20-10-4-5-11-22(20)29)13-21-24(32)28-26(34)30(25(21)33)18-7-2-1-3-8-18/h1-13,15H,14,16H2,(H,27,31)(H,28,32,34). The molecule has 4 aromatic rings. The van der Waals surface area contributed by atoms with E-state index in [0.717, 1.165) is 15.8 Å². The number of para-hydroxylation sites is 2. The number of urea groups is 1. The number of barbiturate groups is 1. The molecule has 2 aromatic heterocycles. The van der Waals surface area contributed by atoms with Crippen LogP contribution in [0.2, 0.25) is 0 Å². The highest BCUT2D eigenvalue weighted by Crippen LogP contribution is 2.26. The molecule has 3 heterocycles. The van der Waals surface area contributed by atoms with E-state index in [0.29, 0.717) is 17.0 Å². The highest BCUT2D eigenvalue weighted by atomic mass is 16.3. The molecule has 1 aliphatic rings. The van der Waals surface area contributed by atoms with E-state index in [1.807, 2.05) is 24.3 Å². The summed E-state index contributed by atoms with van der Waals surface area (Å²) < 4.78 is 6.97. The predicted octanol–water partition coefficient (Wildman–Crippen LogP) is 3.22. The molecule has 2 aromatic carbocycles. The number of furan rings is 1. The fourth-order valence-electron chi connectivity index (χ4n) is 3.96. The van der Waals surface area contributed by atoms with E-state index in [9.17, 15) is 19.2 Å². The van der Waals surface area contributed by atoms with Gasteiger partial charge in [0.2, 0.25) is 5.91 Å².